The van der Waals surface area contributed by atoms with Gasteiger partial charge in [-0.1, -0.05) is 36.0 Å². The minimum Gasteiger partial charge on any atom is -0.389 e. The lowest BCUT2D eigenvalue weighted by atomic mass is 10.1. The molecule has 0 fully saturated rings. The molecule has 0 aliphatic rings. The predicted octanol–water partition coefficient (Wildman–Crippen LogP) is 4.03. The van der Waals surface area contributed by atoms with Gasteiger partial charge in [0.05, 0.1) is 6.10 Å². The highest BCUT2D eigenvalue weighted by molar-refractivity contribution is 7.99. The van der Waals surface area contributed by atoms with Crippen LogP contribution in [0.2, 0.25) is 0 Å². The topological polar surface area (TPSA) is 20.2 Å². The van der Waals surface area contributed by atoms with Crippen molar-refractivity contribution < 1.29 is 9.50 Å². The number of benzene rings is 2. The molecule has 1 atom stereocenters. The van der Waals surface area contributed by atoms with Gasteiger partial charge in [0.25, 0.3) is 0 Å². The van der Waals surface area contributed by atoms with Crippen molar-refractivity contribution in [3.05, 3.63) is 59.9 Å². The van der Waals surface area contributed by atoms with Crippen LogP contribution >= 0.6 is 11.8 Å². The van der Waals surface area contributed by atoms with Crippen LogP contribution in [0.5, 0.6) is 0 Å². The molecule has 17 heavy (non-hydrogen) atoms. The number of aliphatic hydroxyl groups excluding tert-OH is 1. The second-order valence-electron chi connectivity index (χ2n) is 3.74. The van der Waals surface area contributed by atoms with Crippen LogP contribution in [0.25, 0.3) is 0 Å². The maximum atomic E-state index is 13.6. The maximum Gasteiger partial charge on any atom is 0.130 e. The fraction of sp³-hybridized carbons (Fsp3) is 0.143. The summed E-state index contributed by atoms with van der Waals surface area (Å²) in [4.78, 5) is 1.78. The molecule has 2 aromatic carbocycles. The first-order valence-electron chi connectivity index (χ1n) is 5.38. The van der Waals surface area contributed by atoms with E-state index in [-0.39, 0.29) is 5.82 Å². The van der Waals surface area contributed by atoms with E-state index in [1.54, 1.807) is 13.0 Å². The lowest BCUT2D eigenvalue weighted by molar-refractivity contribution is 0.191. The van der Waals surface area contributed by atoms with Crippen molar-refractivity contribution in [2.75, 3.05) is 0 Å². The van der Waals surface area contributed by atoms with Gasteiger partial charge in [-0.3, -0.25) is 0 Å². The van der Waals surface area contributed by atoms with Gasteiger partial charge in [0, 0.05) is 15.4 Å². The molecule has 0 spiro atoms. The fourth-order valence-electron chi connectivity index (χ4n) is 1.63. The average Bonchev–Trinajstić information content (AvgIpc) is 2.30. The molecule has 2 rings (SSSR count). The molecule has 88 valence electrons. The van der Waals surface area contributed by atoms with E-state index in [2.05, 4.69) is 0 Å². The molecular weight excluding hydrogens is 235 g/mol. The molecule has 0 bridgehead atoms. The molecule has 2 aromatic rings. The Morgan fingerprint density at radius 2 is 1.76 bits per heavy atom. The fourth-order valence-corrected chi connectivity index (χ4v) is 2.70. The zero-order chi connectivity index (χ0) is 12.3. The van der Waals surface area contributed by atoms with Crippen LogP contribution in [-0.4, -0.2) is 5.11 Å². The van der Waals surface area contributed by atoms with Crippen LogP contribution in [0.4, 0.5) is 4.39 Å². The number of halogens is 1. The second kappa shape index (κ2) is 5.34. The smallest absolute Gasteiger partial charge is 0.130 e. The normalized spacial score (nSPS) is 12.4. The molecular formula is C14H13FOS. The molecule has 0 saturated carbocycles. The highest BCUT2D eigenvalue weighted by Crippen LogP contribution is 2.34. The van der Waals surface area contributed by atoms with Gasteiger partial charge in [-0.25, -0.2) is 4.39 Å². The Hall–Kier alpha value is -1.32. The first-order valence-corrected chi connectivity index (χ1v) is 6.19. The molecule has 1 N–H and O–H groups in total. The third-order valence-corrected chi connectivity index (χ3v) is 3.49. The highest BCUT2D eigenvalue weighted by Gasteiger charge is 2.13. The summed E-state index contributed by atoms with van der Waals surface area (Å²) < 4.78 is 13.6. The standard InChI is InChI=1S/C14H13FOS/c1-10(16)14-12(15)8-5-9-13(14)17-11-6-3-2-4-7-11/h2-10,16H,1H3/t10-/m0/s1. The van der Waals surface area contributed by atoms with Gasteiger partial charge in [0.2, 0.25) is 0 Å². The zero-order valence-electron chi connectivity index (χ0n) is 9.43. The van der Waals surface area contributed by atoms with E-state index in [0.29, 0.717) is 5.56 Å². The molecule has 0 heterocycles. The average molecular weight is 248 g/mol. The summed E-state index contributed by atoms with van der Waals surface area (Å²) in [6.07, 6.45) is -0.803. The van der Waals surface area contributed by atoms with Gasteiger partial charge in [0.1, 0.15) is 5.82 Å². The van der Waals surface area contributed by atoms with Crippen LogP contribution in [0.15, 0.2) is 58.3 Å². The number of hydrogen-bond acceptors (Lipinski definition) is 2. The predicted molar refractivity (Wildman–Crippen MR) is 67.6 cm³/mol. The third-order valence-electron chi connectivity index (χ3n) is 2.40. The summed E-state index contributed by atoms with van der Waals surface area (Å²) in [6, 6.07) is 14.6. The maximum absolute atomic E-state index is 13.6. The first kappa shape index (κ1) is 12.1. The van der Waals surface area contributed by atoms with Gasteiger partial charge in [0.15, 0.2) is 0 Å². The Kier molecular flexibility index (Phi) is 3.82. The van der Waals surface area contributed by atoms with Crippen molar-refractivity contribution in [2.24, 2.45) is 0 Å². The SMILES string of the molecule is C[C@H](O)c1c(F)cccc1Sc1ccccc1. The summed E-state index contributed by atoms with van der Waals surface area (Å²) >= 11 is 1.46. The summed E-state index contributed by atoms with van der Waals surface area (Å²) in [5, 5.41) is 9.61. The Bertz CT molecular complexity index is 497. The van der Waals surface area contributed by atoms with E-state index in [0.717, 1.165) is 9.79 Å². The first-order chi connectivity index (χ1) is 8.18. The van der Waals surface area contributed by atoms with E-state index in [4.69, 9.17) is 0 Å². The molecule has 3 heteroatoms. The third kappa shape index (κ3) is 2.87. The zero-order valence-corrected chi connectivity index (χ0v) is 10.2. The quantitative estimate of drug-likeness (QED) is 0.885. The molecule has 0 aromatic heterocycles. The van der Waals surface area contributed by atoms with Gasteiger partial charge in [-0.15, -0.1) is 0 Å². The van der Waals surface area contributed by atoms with Crippen LogP contribution < -0.4 is 0 Å². The lowest BCUT2D eigenvalue weighted by Gasteiger charge is -2.12. The van der Waals surface area contributed by atoms with E-state index < -0.39 is 6.10 Å². The van der Waals surface area contributed by atoms with Gasteiger partial charge in [-0.05, 0) is 31.2 Å². The Balaban J connectivity index is 2.36. The number of aliphatic hydroxyl groups is 1. The molecule has 0 unspecified atom stereocenters. The molecule has 1 nitrogen and oxygen atoms in total. The molecule has 0 saturated heterocycles. The van der Waals surface area contributed by atoms with Crippen molar-refractivity contribution in [1.82, 2.24) is 0 Å². The van der Waals surface area contributed by atoms with Crippen LogP contribution in [0, 0.1) is 5.82 Å². The van der Waals surface area contributed by atoms with Gasteiger partial charge in [-0.2, -0.15) is 0 Å². The summed E-state index contributed by atoms with van der Waals surface area (Å²) in [5.74, 6) is -0.360. The van der Waals surface area contributed by atoms with Crippen molar-refractivity contribution >= 4 is 11.8 Å². The second-order valence-corrected chi connectivity index (χ2v) is 4.86. The Morgan fingerprint density at radius 3 is 2.41 bits per heavy atom. The lowest BCUT2D eigenvalue weighted by Crippen LogP contribution is -1.98. The molecule has 0 aliphatic heterocycles. The van der Waals surface area contributed by atoms with E-state index in [9.17, 15) is 9.50 Å². The number of hydrogen-bond donors (Lipinski definition) is 1. The van der Waals surface area contributed by atoms with Crippen molar-refractivity contribution in [2.45, 2.75) is 22.8 Å². The summed E-state index contributed by atoms with van der Waals surface area (Å²) in [7, 11) is 0. The Labute approximate surface area is 104 Å². The van der Waals surface area contributed by atoms with Crippen LogP contribution in [0.3, 0.4) is 0 Å². The minimum absolute atomic E-state index is 0.360. The summed E-state index contributed by atoms with van der Waals surface area (Å²) in [5.41, 5.74) is 0.362. The van der Waals surface area contributed by atoms with Gasteiger partial charge < -0.3 is 5.11 Å². The Morgan fingerprint density at radius 1 is 1.06 bits per heavy atom. The van der Waals surface area contributed by atoms with Crippen molar-refractivity contribution in [1.29, 1.82) is 0 Å². The number of rotatable bonds is 3. The molecule has 0 amide bonds. The van der Waals surface area contributed by atoms with Crippen LogP contribution in [0.1, 0.15) is 18.6 Å². The highest BCUT2D eigenvalue weighted by atomic mass is 32.2. The van der Waals surface area contributed by atoms with E-state index >= 15 is 0 Å². The minimum atomic E-state index is -0.803. The largest absolute Gasteiger partial charge is 0.389 e. The van der Waals surface area contributed by atoms with Crippen LogP contribution in [-0.2, 0) is 0 Å². The van der Waals surface area contributed by atoms with E-state index in [1.165, 1.54) is 17.8 Å². The molecule has 0 aliphatic carbocycles. The van der Waals surface area contributed by atoms with Crippen molar-refractivity contribution in [3.63, 3.8) is 0 Å². The molecule has 0 radical (unpaired) electrons. The van der Waals surface area contributed by atoms with Crippen molar-refractivity contribution in [3.8, 4) is 0 Å². The summed E-state index contributed by atoms with van der Waals surface area (Å²) in [6.45, 7) is 1.58. The van der Waals surface area contributed by atoms with Gasteiger partial charge >= 0.3 is 0 Å². The monoisotopic (exact) mass is 248 g/mol. The van der Waals surface area contributed by atoms with E-state index in [1.807, 2.05) is 36.4 Å².